The van der Waals surface area contributed by atoms with Crippen LogP contribution in [0.15, 0.2) is 71.6 Å². The van der Waals surface area contributed by atoms with Gasteiger partial charge in [0, 0.05) is 11.3 Å². The van der Waals surface area contributed by atoms with Crippen LogP contribution in [-0.2, 0) is 10.0 Å². The van der Waals surface area contributed by atoms with Crippen LogP contribution in [0.2, 0.25) is 10.0 Å². The molecule has 5 nitrogen and oxygen atoms in total. The SMILES string of the molecule is O=C(Nc1cccc(Cl)c1Cl)c1cccc(S(=O)(=O)Nc2ccc(F)cc2)c1. The van der Waals surface area contributed by atoms with Crippen LogP contribution in [0.4, 0.5) is 15.8 Å². The largest absolute Gasteiger partial charge is 0.321 e. The first kappa shape index (κ1) is 20.1. The van der Waals surface area contributed by atoms with E-state index in [0.717, 1.165) is 12.1 Å². The zero-order chi connectivity index (χ0) is 20.3. The van der Waals surface area contributed by atoms with E-state index in [9.17, 15) is 17.6 Å². The topological polar surface area (TPSA) is 75.3 Å². The lowest BCUT2D eigenvalue weighted by Gasteiger charge is -2.11. The van der Waals surface area contributed by atoms with Crippen LogP contribution >= 0.6 is 23.2 Å². The standard InChI is InChI=1S/C19H13Cl2FN2O3S/c20-16-5-2-6-17(18(16)21)23-19(25)12-3-1-4-15(11-12)28(26,27)24-14-9-7-13(22)8-10-14/h1-11,24H,(H,23,25). The number of hydrogen-bond donors (Lipinski definition) is 2. The van der Waals surface area contributed by atoms with Crippen molar-refractivity contribution in [3.8, 4) is 0 Å². The minimum Gasteiger partial charge on any atom is -0.321 e. The number of benzene rings is 3. The van der Waals surface area contributed by atoms with Gasteiger partial charge in [0.15, 0.2) is 0 Å². The fourth-order valence-electron chi connectivity index (χ4n) is 2.33. The summed E-state index contributed by atoms with van der Waals surface area (Å²) in [5.41, 5.74) is 0.608. The van der Waals surface area contributed by atoms with Gasteiger partial charge in [-0.25, -0.2) is 12.8 Å². The molecule has 0 aliphatic rings. The zero-order valence-corrected chi connectivity index (χ0v) is 16.4. The maximum Gasteiger partial charge on any atom is 0.261 e. The molecule has 144 valence electrons. The molecule has 0 spiro atoms. The first-order valence-corrected chi connectivity index (χ1v) is 10.1. The van der Waals surface area contributed by atoms with E-state index >= 15 is 0 Å². The van der Waals surface area contributed by atoms with E-state index < -0.39 is 21.7 Å². The normalized spacial score (nSPS) is 11.1. The minimum atomic E-state index is -3.97. The van der Waals surface area contributed by atoms with Gasteiger partial charge in [-0.1, -0.05) is 35.3 Å². The third-order valence-electron chi connectivity index (χ3n) is 3.70. The van der Waals surface area contributed by atoms with Crippen LogP contribution in [0.5, 0.6) is 0 Å². The van der Waals surface area contributed by atoms with Crippen molar-refractivity contribution in [2.24, 2.45) is 0 Å². The third-order valence-corrected chi connectivity index (χ3v) is 5.90. The molecule has 2 N–H and O–H groups in total. The van der Waals surface area contributed by atoms with Gasteiger partial charge in [0.1, 0.15) is 5.82 Å². The molecule has 0 aliphatic heterocycles. The average molecular weight is 439 g/mol. The molecule has 0 radical (unpaired) electrons. The number of nitrogens with one attached hydrogen (secondary N) is 2. The summed E-state index contributed by atoms with van der Waals surface area (Å²) in [6.07, 6.45) is 0. The molecule has 9 heteroatoms. The van der Waals surface area contributed by atoms with E-state index in [2.05, 4.69) is 10.0 Å². The van der Waals surface area contributed by atoms with Crippen molar-refractivity contribution in [2.75, 3.05) is 10.0 Å². The molecular weight excluding hydrogens is 426 g/mol. The van der Waals surface area contributed by atoms with Gasteiger partial charge in [0.2, 0.25) is 0 Å². The Bertz CT molecular complexity index is 1140. The maximum absolute atomic E-state index is 13.0. The van der Waals surface area contributed by atoms with E-state index in [1.807, 2.05) is 0 Å². The van der Waals surface area contributed by atoms with Gasteiger partial charge in [0.05, 0.1) is 20.6 Å². The maximum atomic E-state index is 13.0. The van der Waals surface area contributed by atoms with Crippen molar-refractivity contribution in [1.29, 1.82) is 0 Å². The van der Waals surface area contributed by atoms with Crippen LogP contribution in [-0.4, -0.2) is 14.3 Å². The van der Waals surface area contributed by atoms with Crippen molar-refractivity contribution < 1.29 is 17.6 Å². The fraction of sp³-hybridized carbons (Fsp3) is 0. The molecule has 0 heterocycles. The van der Waals surface area contributed by atoms with Crippen LogP contribution in [0.3, 0.4) is 0 Å². The van der Waals surface area contributed by atoms with Crippen molar-refractivity contribution in [2.45, 2.75) is 4.90 Å². The highest BCUT2D eigenvalue weighted by Crippen LogP contribution is 2.30. The molecule has 0 fully saturated rings. The lowest BCUT2D eigenvalue weighted by Crippen LogP contribution is -2.16. The highest BCUT2D eigenvalue weighted by Gasteiger charge is 2.17. The summed E-state index contributed by atoms with van der Waals surface area (Å²) in [6.45, 7) is 0. The first-order valence-electron chi connectivity index (χ1n) is 7.90. The lowest BCUT2D eigenvalue weighted by molar-refractivity contribution is 0.102. The van der Waals surface area contributed by atoms with Gasteiger partial charge in [-0.2, -0.15) is 0 Å². The molecule has 0 aliphatic carbocycles. The smallest absolute Gasteiger partial charge is 0.261 e. The molecule has 0 unspecified atom stereocenters. The number of rotatable bonds is 5. The molecule has 1 amide bonds. The quantitative estimate of drug-likeness (QED) is 0.575. The first-order chi connectivity index (χ1) is 13.3. The molecule has 0 bridgehead atoms. The van der Waals surface area contributed by atoms with E-state index in [1.54, 1.807) is 18.2 Å². The monoisotopic (exact) mass is 438 g/mol. The summed E-state index contributed by atoms with van der Waals surface area (Å²) in [5.74, 6) is -1.04. The van der Waals surface area contributed by atoms with E-state index in [0.29, 0.717) is 5.69 Å². The highest BCUT2D eigenvalue weighted by molar-refractivity contribution is 7.92. The summed E-state index contributed by atoms with van der Waals surface area (Å²) in [7, 11) is -3.97. The Morgan fingerprint density at radius 3 is 2.32 bits per heavy atom. The van der Waals surface area contributed by atoms with Crippen LogP contribution < -0.4 is 10.0 Å². The third kappa shape index (κ3) is 4.62. The van der Waals surface area contributed by atoms with Crippen molar-refractivity contribution >= 4 is 50.5 Å². The summed E-state index contributed by atoms with van der Waals surface area (Å²) < 4.78 is 40.4. The predicted molar refractivity (Wildman–Crippen MR) is 108 cm³/mol. The van der Waals surface area contributed by atoms with Gasteiger partial charge >= 0.3 is 0 Å². The Labute approximate surface area is 171 Å². The Morgan fingerprint density at radius 1 is 0.929 bits per heavy atom. The van der Waals surface area contributed by atoms with E-state index in [-0.39, 0.29) is 26.2 Å². The molecule has 3 aromatic rings. The van der Waals surface area contributed by atoms with Gasteiger partial charge in [-0.3, -0.25) is 9.52 Å². The lowest BCUT2D eigenvalue weighted by atomic mass is 10.2. The minimum absolute atomic E-state index is 0.109. The van der Waals surface area contributed by atoms with Crippen molar-refractivity contribution in [3.63, 3.8) is 0 Å². The van der Waals surface area contributed by atoms with Crippen LogP contribution in [0, 0.1) is 5.82 Å². The van der Waals surface area contributed by atoms with E-state index in [4.69, 9.17) is 23.2 Å². The zero-order valence-electron chi connectivity index (χ0n) is 14.1. The van der Waals surface area contributed by atoms with Crippen LogP contribution in [0.25, 0.3) is 0 Å². The number of carbonyl (C=O) groups is 1. The molecular formula is C19H13Cl2FN2O3S. The molecule has 0 atom stereocenters. The number of carbonyl (C=O) groups excluding carboxylic acids is 1. The second-order valence-electron chi connectivity index (χ2n) is 5.70. The Balaban J connectivity index is 1.83. The highest BCUT2D eigenvalue weighted by atomic mass is 35.5. The number of halogens is 3. The van der Waals surface area contributed by atoms with Crippen molar-refractivity contribution in [1.82, 2.24) is 0 Å². The van der Waals surface area contributed by atoms with Gasteiger partial charge in [0.25, 0.3) is 15.9 Å². The molecule has 0 saturated heterocycles. The Hall–Kier alpha value is -2.61. The molecule has 28 heavy (non-hydrogen) atoms. The van der Waals surface area contributed by atoms with Crippen molar-refractivity contribution in [3.05, 3.63) is 88.2 Å². The summed E-state index contributed by atoms with van der Waals surface area (Å²) in [6, 6.07) is 15.1. The summed E-state index contributed by atoms with van der Waals surface area (Å²) in [4.78, 5) is 12.4. The number of anilines is 2. The summed E-state index contributed by atoms with van der Waals surface area (Å²) >= 11 is 12.0. The average Bonchev–Trinajstić information content (AvgIpc) is 2.67. The predicted octanol–water partition coefficient (Wildman–Crippen LogP) is 5.19. The summed E-state index contributed by atoms with van der Waals surface area (Å²) in [5, 5.41) is 3.05. The van der Waals surface area contributed by atoms with E-state index in [1.165, 1.54) is 36.4 Å². The molecule has 3 aromatic carbocycles. The Kier molecular flexibility index (Phi) is 5.88. The second-order valence-corrected chi connectivity index (χ2v) is 8.16. The second kappa shape index (κ2) is 8.18. The van der Waals surface area contributed by atoms with Gasteiger partial charge in [-0.05, 0) is 54.6 Å². The number of sulfonamides is 1. The molecule has 0 saturated carbocycles. The molecule has 0 aromatic heterocycles. The molecule has 3 rings (SSSR count). The van der Waals surface area contributed by atoms with Gasteiger partial charge in [-0.15, -0.1) is 0 Å². The Morgan fingerprint density at radius 2 is 1.61 bits per heavy atom. The van der Waals surface area contributed by atoms with Crippen LogP contribution in [0.1, 0.15) is 10.4 Å². The fourth-order valence-corrected chi connectivity index (χ4v) is 3.78. The number of amides is 1. The number of hydrogen-bond acceptors (Lipinski definition) is 3. The van der Waals surface area contributed by atoms with Gasteiger partial charge < -0.3 is 5.32 Å².